The molecular weight excluding hydrogens is 256 g/mol. The Balaban J connectivity index is 1.85. The summed E-state index contributed by atoms with van der Waals surface area (Å²) in [6, 6.07) is 3.76. The highest BCUT2D eigenvalue weighted by Gasteiger charge is 2.51. The molecule has 0 saturated carbocycles. The van der Waals surface area contributed by atoms with Gasteiger partial charge >= 0.3 is 5.92 Å². The maximum absolute atomic E-state index is 13.2. The molecular formula is C13H17F2NOS. The number of aryl methyl sites for hydroxylation is 2. The fourth-order valence-corrected chi connectivity index (χ4v) is 3.28. The van der Waals surface area contributed by atoms with E-state index in [1.807, 2.05) is 6.92 Å². The first-order valence-corrected chi connectivity index (χ1v) is 6.96. The van der Waals surface area contributed by atoms with E-state index in [-0.39, 0.29) is 12.5 Å². The van der Waals surface area contributed by atoms with Gasteiger partial charge in [0.25, 0.3) is 5.91 Å². The van der Waals surface area contributed by atoms with Crippen LogP contribution in [0.2, 0.25) is 0 Å². The van der Waals surface area contributed by atoms with E-state index < -0.39 is 11.8 Å². The van der Waals surface area contributed by atoms with Crippen molar-refractivity contribution >= 4 is 17.2 Å². The monoisotopic (exact) mass is 273 g/mol. The van der Waals surface area contributed by atoms with Gasteiger partial charge in [-0.05, 0) is 38.8 Å². The third-order valence-electron chi connectivity index (χ3n) is 3.28. The molecule has 2 heterocycles. The number of hydrogen-bond acceptors (Lipinski definition) is 2. The molecule has 0 N–H and O–H groups in total. The van der Waals surface area contributed by atoms with Crippen molar-refractivity contribution < 1.29 is 13.6 Å². The minimum Gasteiger partial charge on any atom is -0.335 e. The molecule has 18 heavy (non-hydrogen) atoms. The number of thiophene rings is 1. The molecule has 1 atom stereocenters. The average molecular weight is 273 g/mol. The van der Waals surface area contributed by atoms with Gasteiger partial charge in [-0.1, -0.05) is 0 Å². The smallest absolute Gasteiger partial charge is 0.326 e. The summed E-state index contributed by atoms with van der Waals surface area (Å²) in [6.45, 7) is 4.15. The van der Waals surface area contributed by atoms with Crippen molar-refractivity contribution in [1.29, 1.82) is 0 Å². The molecule has 1 aliphatic rings. The van der Waals surface area contributed by atoms with Gasteiger partial charge in [-0.25, -0.2) is 0 Å². The molecule has 1 aliphatic heterocycles. The van der Waals surface area contributed by atoms with Crippen LogP contribution in [0.3, 0.4) is 0 Å². The van der Waals surface area contributed by atoms with Crippen LogP contribution < -0.4 is 0 Å². The molecule has 0 aliphatic carbocycles. The second kappa shape index (κ2) is 4.96. The Morgan fingerprint density at radius 2 is 2.22 bits per heavy atom. The first-order valence-electron chi connectivity index (χ1n) is 6.14. The highest BCUT2D eigenvalue weighted by atomic mass is 32.1. The van der Waals surface area contributed by atoms with Crippen molar-refractivity contribution in [2.75, 3.05) is 6.54 Å². The van der Waals surface area contributed by atoms with E-state index in [2.05, 4.69) is 12.1 Å². The SMILES string of the molecule is Cc1ccc(CCCN2C(=O)C(F)(F)CC2C)s1. The number of rotatable bonds is 4. The van der Waals surface area contributed by atoms with Gasteiger partial charge in [0.05, 0.1) is 0 Å². The summed E-state index contributed by atoms with van der Waals surface area (Å²) in [5.41, 5.74) is 0. The Morgan fingerprint density at radius 3 is 2.72 bits per heavy atom. The highest BCUT2D eigenvalue weighted by molar-refractivity contribution is 7.11. The van der Waals surface area contributed by atoms with E-state index in [0.29, 0.717) is 6.54 Å². The van der Waals surface area contributed by atoms with Crippen LogP contribution in [0.15, 0.2) is 12.1 Å². The summed E-state index contributed by atoms with van der Waals surface area (Å²) in [5, 5.41) is 0. The van der Waals surface area contributed by atoms with Crippen LogP contribution in [0.5, 0.6) is 0 Å². The molecule has 1 aromatic rings. The number of nitrogens with zero attached hydrogens (tertiary/aromatic N) is 1. The van der Waals surface area contributed by atoms with E-state index in [1.54, 1.807) is 18.3 Å². The van der Waals surface area contributed by atoms with Crippen LogP contribution in [0.1, 0.15) is 29.5 Å². The Hall–Kier alpha value is -0.970. The van der Waals surface area contributed by atoms with E-state index >= 15 is 0 Å². The van der Waals surface area contributed by atoms with E-state index in [4.69, 9.17) is 0 Å². The van der Waals surface area contributed by atoms with Crippen LogP contribution >= 0.6 is 11.3 Å². The van der Waals surface area contributed by atoms with Crippen LogP contribution in [0.25, 0.3) is 0 Å². The van der Waals surface area contributed by atoms with Crippen molar-refractivity contribution in [2.24, 2.45) is 0 Å². The highest BCUT2D eigenvalue weighted by Crippen LogP contribution is 2.33. The van der Waals surface area contributed by atoms with Crippen molar-refractivity contribution in [3.8, 4) is 0 Å². The average Bonchev–Trinajstić information content (AvgIpc) is 2.75. The summed E-state index contributed by atoms with van der Waals surface area (Å²) >= 11 is 1.72. The minimum absolute atomic E-state index is 0.343. The topological polar surface area (TPSA) is 20.3 Å². The summed E-state index contributed by atoms with van der Waals surface area (Å²) in [5.74, 6) is -4.16. The normalized spacial score (nSPS) is 22.8. The van der Waals surface area contributed by atoms with Gasteiger partial charge in [-0.2, -0.15) is 8.78 Å². The quantitative estimate of drug-likeness (QED) is 0.824. The largest absolute Gasteiger partial charge is 0.335 e. The zero-order valence-corrected chi connectivity index (χ0v) is 11.4. The number of carbonyl (C=O) groups is 1. The van der Waals surface area contributed by atoms with Crippen molar-refractivity contribution in [3.05, 3.63) is 21.9 Å². The van der Waals surface area contributed by atoms with Crippen LogP contribution in [-0.4, -0.2) is 29.3 Å². The van der Waals surface area contributed by atoms with Gasteiger partial charge < -0.3 is 4.90 Å². The summed E-state index contributed by atoms with van der Waals surface area (Å²) in [6.07, 6.45) is 1.25. The van der Waals surface area contributed by atoms with Crippen LogP contribution in [0.4, 0.5) is 8.78 Å². The molecule has 2 rings (SSSR count). The second-order valence-corrected chi connectivity index (χ2v) is 6.24. The Bertz CT molecular complexity index is 444. The molecule has 1 saturated heterocycles. The lowest BCUT2D eigenvalue weighted by atomic mass is 10.2. The van der Waals surface area contributed by atoms with Crippen LogP contribution in [-0.2, 0) is 11.2 Å². The third kappa shape index (κ3) is 2.71. The molecule has 1 amide bonds. The zero-order chi connectivity index (χ0) is 13.3. The lowest BCUT2D eigenvalue weighted by molar-refractivity contribution is -0.148. The number of alkyl halides is 2. The molecule has 0 aromatic carbocycles. The molecule has 0 spiro atoms. The number of halogens is 2. The number of hydrogen-bond donors (Lipinski definition) is 0. The van der Waals surface area contributed by atoms with Gasteiger partial charge in [-0.15, -0.1) is 11.3 Å². The summed E-state index contributed by atoms with van der Waals surface area (Å²) in [7, 11) is 0. The first-order chi connectivity index (χ1) is 8.40. The molecule has 1 fully saturated rings. The minimum atomic E-state index is -3.15. The maximum atomic E-state index is 13.2. The lowest BCUT2D eigenvalue weighted by Gasteiger charge is -2.20. The van der Waals surface area contributed by atoms with Gasteiger partial charge in [0.1, 0.15) is 0 Å². The van der Waals surface area contributed by atoms with Gasteiger partial charge in [0.15, 0.2) is 0 Å². The van der Waals surface area contributed by atoms with E-state index in [9.17, 15) is 13.6 Å². The third-order valence-corrected chi connectivity index (χ3v) is 4.34. The number of carbonyl (C=O) groups excluding carboxylic acids is 1. The standard InChI is InChI=1S/C13H17F2NOS/c1-9-8-13(14,15)12(17)16(9)7-3-4-11-6-5-10(2)18-11/h5-6,9H,3-4,7-8H2,1-2H3. The number of likely N-dealkylation sites (tertiary alicyclic amines) is 1. The predicted molar refractivity (Wildman–Crippen MR) is 68.1 cm³/mol. The van der Waals surface area contributed by atoms with E-state index in [1.165, 1.54) is 14.7 Å². The molecule has 0 radical (unpaired) electrons. The Kier molecular flexibility index (Phi) is 3.71. The van der Waals surface area contributed by atoms with E-state index in [0.717, 1.165) is 12.8 Å². The Labute approximate surface area is 110 Å². The Morgan fingerprint density at radius 1 is 1.50 bits per heavy atom. The number of amides is 1. The zero-order valence-electron chi connectivity index (χ0n) is 10.6. The molecule has 5 heteroatoms. The second-order valence-electron chi connectivity index (χ2n) is 4.87. The summed E-state index contributed by atoms with van der Waals surface area (Å²) < 4.78 is 26.4. The molecule has 1 aromatic heterocycles. The van der Waals surface area contributed by atoms with Crippen LogP contribution in [0, 0.1) is 6.92 Å². The molecule has 100 valence electrons. The van der Waals surface area contributed by atoms with Crippen molar-refractivity contribution in [1.82, 2.24) is 4.90 Å². The molecule has 1 unspecified atom stereocenters. The van der Waals surface area contributed by atoms with Gasteiger partial charge in [-0.3, -0.25) is 4.79 Å². The lowest BCUT2D eigenvalue weighted by Crippen LogP contribution is -2.36. The maximum Gasteiger partial charge on any atom is 0.326 e. The summed E-state index contributed by atoms with van der Waals surface area (Å²) in [4.78, 5) is 15.3. The first kappa shape index (κ1) is 13.5. The fourth-order valence-electron chi connectivity index (χ4n) is 2.34. The van der Waals surface area contributed by atoms with Gasteiger partial charge in [0, 0.05) is 28.8 Å². The molecule has 2 nitrogen and oxygen atoms in total. The van der Waals surface area contributed by atoms with Gasteiger partial charge in [0.2, 0.25) is 0 Å². The molecule has 0 bridgehead atoms. The van der Waals surface area contributed by atoms with Crippen molar-refractivity contribution in [2.45, 2.75) is 45.1 Å². The predicted octanol–water partition coefficient (Wildman–Crippen LogP) is 3.25. The van der Waals surface area contributed by atoms with Crippen molar-refractivity contribution in [3.63, 3.8) is 0 Å². The fraction of sp³-hybridized carbons (Fsp3) is 0.615.